The number of carbonyl (C=O) groups excluding carboxylic acids is 1. The van der Waals surface area contributed by atoms with Crippen LogP contribution in [0, 0.1) is 11.3 Å². The Morgan fingerprint density at radius 1 is 1.29 bits per heavy atom. The van der Waals surface area contributed by atoms with E-state index in [4.69, 9.17) is 5.26 Å². The first-order chi connectivity index (χ1) is 10.1. The van der Waals surface area contributed by atoms with Gasteiger partial charge in [-0.15, -0.1) is 0 Å². The van der Waals surface area contributed by atoms with Gasteiger partial charge in [0.2, 0.25) is 0 Å². The van der Waals surface area contributed by atoms with E-state index in [2.05, 4.69) is 26.7 Å². The minimum Gasteiger partial charge on any atom is -0.348 e. The Morgan fingerprint density at radius 2 is 2.10 bits per heavy atom. The standard InChI is InChI=1S/C15H15N5O/c1-10(2)19-15(21)13-8-18-14(9-17-13)20-12-5-3-4-11(6-12)7-16/h3-6,8-10H,1-2H3,(H,18,20)(H,19,21). The maximum absolute atomic E-state index is 11.7. The van der Waals surface area contributed by atoms with Gasteiger partial charge in [-0.3, -0.25) is 4.79 Å². The van der Waals surface area contributed by atoms with Crippen molar-refractivity contribution in [2.75, 3.05) is 5.32 Å². The SMILES string of the molecule is CC(C)NC(=O)c1cnc(Nc2cccc(C#N)c2)cn1. The molecule has 2 rings (SSSR count). The van der Waals surface area contributed by atoms with E-state index >= 15 is 0 Å². The summed E-state index contributed by atoms with van der Waals surface area (Å²) < 4.78 is 0. The van der Waals surface area contributed by atoms with Crippen LogP contribution in [0.4, 0.5) is 11.5 Å². The maximum atomic E-state index is 11.7. The average Bonchev–Trinajstić information content (AvgIpc) is 2.47. The van der Waals surface area contributed by atoms with Gasteiger partial charge in [0.1, 0.15) is 11.5 Å². The summed E-state index contributed by atoms with van der Waals surface area (Å²) in [6.45, 7) is 3.76. The van der Waals surface area contributed by atoms with E-state index in [1.807, 2.05) is 19.9 Å². The molecule has 1 aromatic carbocycles. The van der Waals surface area contributed by atoms with Gasteiger partial charge in [0.25, 0.3) is 5.91 Å². The van der Waals surface area contributed by atoms with Gasteiger partial charge < -0.3 is 10.6 Å². The highest BCUT2D eigenvalue weighted by Crippen LogP contribution is 2.15. The second-order valence-corrected chi connectivity index (χ2v) is 4.73. The number of nitrogens with one attached hydrogen (secondary N) is 2. The highest BCUT2D eigenvalue weighted by molar-refractivity contribution is 5.92. The molecule has 1 aromatic heterocycles. The molecule has 106 valence electrons. The number of hydrogen-bond acceptors (Lipinski definition) is 5. The number of carbonyl (C=O) groups is 1. The number of anilines is 2. The molecule has 2 N–H and O–H groups in total. The van der Waals surface area contributed by atoms with Gasteiger partial charge in [-0.25, -0.2) is 9.97 Å². The van der Waals surface area contributed by atoms with Gasteiger partial charge in [-0.05, 0) is 32.0 Å². The second kappa shape index (κ2) is 6.48. The molecule has 0 radical (unpaired) electrons. The van der Waals surface area contributed by atoms with Gasteiger partial charge in [0, 0.05) is 11.7 Å². The van der Waals surface area contributed by atoms with E-state index in [-0.39, 0.29) is 17.6 Å². The summed E-state index contributed by atoms with van der Waals surface area (Å²) in [5.74, 6) is 0.252. The summed E-state index contributed by atoms with van der Waals surface area (Å²) in [4.78, 5) is 19.9. The van der Waals surface area contributed by atoms with E-state index < -0.39 is 0 Å². The molecule has 6 heteroatoms. The highest BCUT2D eigenvalue weighted by Gasteiger charge is 2.09. The minimum atomic E-state index is -0.254. The van der Waals surface area contributed by atoms with Crippen molar-refractivity contribution in [2.45, 2.75) is 19.9 Å². The molecule has 0 saturated carbocycles. The fourth-order valence-corrected chi connectivity index (χ4v) is 1.66. The molecule has 0 aliphatic carbocycles. The number of hydrogen-bond donors (Lipinski definition) is 2. The molecule has 0 bridgehead atoms. The summed E-state index contributed by atoms with van der Waals surface area (Å²) in [7, 11) is 0. The summed E-state index contributed by atoms with van der Waals surface area (Å²) >= 11 is 0. The first-order valence-electron chi connectivity index (χ1n) is 6.48. The highest BCUT2D eigenvalue weighted by atomic mass is 16.1. The quantitative estimate of drug-likeness (QED) is 0.896. The molecule has 0 unspecified atom stereocenters. The van der Waals surface area contributed by atoms with E-state index in [0.717, 1.165) is 5.69 Å². The van der Waals surface area contributed by atoms with Crippen molar-refractivity contribution in [3.8, 4) is 6.07 Å². The Bertz CT molecular complexity index is 673. The summed E-state index contributed by atoms with van der Waals surface area (Å²) in [5.41, 5.74) is 1.56. The van der Waals surface area contributed by atoms with Gasteiger partial charge >= 0.3 is 0 Å². The fraction of sp³-hybridized carbons (Fsp3) is 0.200. The van der Waals surface area contributed by atoms with E-state index in [9.17, 15) is 4.79 Å². The van der Waals surface area contributed by atoms with Crippen molar-refractivity contribution in [3.05, 3.63) is 47.9 Å². The average molecular weight is 281 g/mol. The monoisotopic (exact) mass is 281 g/mol. The van der Waals surface area contributed by atoms with Crippen molar-refractivity contribution < 1.29 is 4.79 Å². The van der Waals surface area contributed by atoms with Gasteiger partial charge in [-0.1, -0.05) is 6.07 Å². The molecule has 2 aromatic rings. The van der Waals surface area contributed by atoms with E-state index in [1.165, 1.54) is 12.4 Å². The van der Waals surface area contributed by atoms with Gasteiger partial charge in [-0.2, -0.15) is 5.26 Å². The van der Waals surface area contributed by atoms with Crippen molar-refractivity contribution in [1.82, 2.24) is 15.3 Å². The molecule has 0 spiro atoms. The molecule has 21 heavy (non-hydrogen) atoms. The van der Waals surface area contributed by atoms with Crippen molar-refractivity contribution >= 4 is 17.4 Å². The second-order valence-electron chi connectivity index (χ2n) is 4.73. The van der Waals surface area contributed by atoms with E-state index in [1.54, 1.807) is 18.2 Å². The molecule has 1 heterocycles. The van der Waals surface area contributed by atoms with Crippen molar-refractivity contribution in [3.63, 3.8) is 0 Å². The molecule has 0 fully saturated rings. The van der Waals surface area contributed by atoms with Crippen LogP contribution < -0.4 is 10.6 Å². The normalized spacial score (nSPS) is 10.0. The van der Waals surface area contributed by atoms with Crippen LogP contribution in [-0.4, -0.2) is 21.9 Å². The lowest BCUT2D eigenvalue weighted by Crippen LogP contribution is -2.30. The number of amides is 1. The summed E-state index contributed by atoms with van der Waals surface area (Å²) in [5, 5.41) is 14.6. The maximum Gasteiger partial charge on any atom is 0.271 e. The lowest BCUT2D eigenvalue weighted by Gasteiger charge is -2.08. The predicted octanol–water partition coefficient (Wildman–Crippen LogP) is 2.23. The Balaban J connectivity index is 2.09. The van der Waals surface area contributed by atoms with Gasteiger partial charge in [0.05, 0.1) is 24.0 Å². The van der Waals surface area contributed by atoms with Crippen LogP contribution in [0.1, 0.15) is 29.9 Å². The first-order valence-corrected chi connectivity index (χ1v) is 6.48. The number of benzene rings is 1. The number of aromatic nitrogens is 2. The van der Waals surface area contributed by atoms with Crippen LogP contribution in [0.2, 0.25) is 0 Å². The Labute approximate surface area is 122 Å². The predicted molar refractivity (Wildman–Crippen MR) is 79.1 cm³/mol. The Morgan fingerprint density at radius 3 is 2.71 bits per heavy atom. The third kappa shape index (κ3) is 4.01. The fourth-order valence-electron chi connectivity index (χ4n) is 1.66. The van der Waals surface area contributed by atoms with E-state index in [0.29, 0.717) is 11.4 Å². The number of rotatable bonds is 4. The van der Waals surface area contributed by atoms with Crippen LogP contribution in [0.3, 0.4) is 0 Å². The Kier molecular flexibility index (Phi) is 4.46. The molecule has 6 nitrogen and oxygen atoms in total. The molecule has 1 amide bonds. The van der Waals surface area contributed by atoms with Crippen LogP contribution >= 0.6 is 0 Å². The lowest BCUT2D eigenvalue weighted by molar-refractivity contribution is 0.0937. The van der Waals surface area contributed by atoms with Crippen LogP contribution in [0.5, 0.6) is 0 Å². The van der Waals surface area contributed by atoms with Crippen molar-refractivity contribution in [2.24, 2.45) is 0 Å². The first kappa shape index (κ1) is 14.5. The lowest BCUT2D eigenvalue weighted by atomic mass is 10.2. The Hall–Kier alpha value is -2.94. The molecule has 0 aliphatic heterocycles. The molecule has 0 atom stereocenters. The zero-order chi connectivity index (χ0) is 15.2. The largest absolute Gasteiger partial charge is 0.348 e. The summed E-state index contributed by atoms with van der Waals surface area (Å²) in [6.07, 6.45) is 2.89. The smallest absolute Gasteiger partial charge is 0.271 e. The third-order valence-corrected chi connectivity index (χ3v) is 2.57. The minimum absolute atomic E-state index is 0.0471. The number of nitrogens with zero attached hydrogens (tertiary/aromatic N) is 3. The van der Waals surface area contributed by atoms with Crippen LogP contribution in [0.25, 0.3) is 0 Å². The zero-order valence-electron chi connectivity index (χ0n) is 11.8. The molecule has 0 aliphatic rings. The third-order valence-electron chi connectivity index (χ3n) is 2.57. The van der Waals surface area contributed by atoms with Crippen LogP contribution in [-0.2, 0) is 0 Å². The van der Waals surface area contributed by atoms with Crippen molar-refractivity contribution in [1.29, 1.82) is 5.26 Å². The zero-order valence-corrected chi connectivity index (χ0v) is 11.8. The summed E-state index contributed by atoms with van der Waals surface area (Å²) in [6, 6.07) is 9.14. The van der Waals surface area contributed by atoms with Gasteiger partial charge in [0.15, 0.2) is 0 Å². The molecule has 0 saturated heterocycles. The van der Waals surface area contributed by atoms with Crippen LogP contribution in [0.15, 0.2) is 36.7 Å². The molecular weight excluding hydrogens is 266 g/mol. The molecular formula is C15H15N5O. The topological polar surface area (TPSA) is 90.7 Å². The number of nitriles is 1.